The Bertz CT molecular complexity index is 719. The van der Waals surface area contributed by atoms with Crippen LogP contribution < -0.4 is 5.73 Å². The topological polar surface area (TPSA) is 64.7 Å². The fourth-order valence-corrected chi connectivity index (χ4v) is 4.22. The van der Waals surface area contributed by atoms with Gasteiger partial charge in [-0.25, -0.2) is 15.0 Å². The molecule has 20 heavy (non-hydrogen) atoms. The highest BCUT2D eigenvalue weighted by Crippen LogP contribution is 2.37. The lowest BCUT2D eigenvalue weighted by molar-refractivity contribution is 0.808. The largest absolute Gasteiger partial charge is 0.383 e. The molecule has 0 unspecified atom stereocenters. The number of fused-ring (bicyclic) bond motifs is 1. The molecule has 0 radical (unpaired) electrons. The van der Waals surface area contributed by atoms with Crippen molar-refractivity contribution in [2.24, 2.45) is 0 Å². The van der Waals surface area contributed by atoms with E-state index in [1.54, 1.807) is 23.1 Å². The fraction of sp³-hybridized carbons (Fsp3) is 0.214. The summed E-state index contributed by atoms with van der Waals surface area (Å²) in [5.41, 5.74) is 7.99. The van der Waals surface area contributed by atoms with Gasteiger partial charge >= 0.3 is 0 Å². The monoisotopic (exact) mass is 302 g/mol. The van der Waals surface area contributed by atoms with Crippen molar-refractivity contribution < 1.29 is 0 Å². The highest BCUT2D eigenvalue weighted by Gasteiger charge is 2.15. The summed E-state index contributed by atoms with van der Waals surface area (Å²) in [6, 6.07) is 8.12. The molecule has 102 valence electrons. The minimum Gasteiger partial charge on any atom is -0.383 e. The van der Waals surface area contributed by atoms with Crippen molar-refractivity contribution in [3.8, 4) is 0 Å². The minimum atomic E-state index is 0.285. The number of anilines is 1. The Morgan fingerprint density at radius 3 is 2.75 bits per heavy atom. The number of rotatable bonds is 3. The van der Waals surface area contributed by atoms with Crippen LogP contribution in [0.2, 0.25) is 0 Å². The summed E-state index contributed by atoms with van der Waals surface area (Å²) in [4.78, 5) is 13.1. The summed E-state index contributed by atoms with van der Waals surface area (Å²) in [6.07, 6.45) is 1.51. The predicted molar refractivity (Wildman–Crippen MR) is 84.3 cm³/mol. The van der Waals surface area contributed by atoms with Gasteiger partial charge in [0.2, 0.25) is 0 Å². The van der Waals surface area contributed by atoms with Crippen LogP contribution in [0.25, 0.3) is 10.2 Å². The molecule has 3 rings (SSSR count). The number of aromatic nitrogens is 3. The third-order valence-corrected chi connectivity index (χ3v) is 5.03. The molecule has 3 aromatic rings. The minimum absolute atomic E-state index is 0.285. The van der Waals surface area contributed by atoms with E-state index in [2.05, 4.69) is 34.9 Å². The molecular formula is C14H14N4S2. The van der Waals surface area contributed by atoms with Crippen molar-refractivity contribution in [1.29, 1.82) is 0 Å². The second kappa shape index (κ2) is 5.38. The molecule has 2 N–H and O–H groups in total. The molecule has 0 bridgehead atoms. The SMILES string of the molecule is CC(C)c1c(N)ncnc1Sc1nc2ccccc2s1. The Kier molecular flexibility index (Phi) is 3.58. The summed E-state index contributed by atoms with van der Waals surface area (Å²) in [6.45, 7) is 4.19. The van der Waals surface area contributed by atoms with Crippen LogP contribution in [0.3, 0.4) is 0 Å². The van der Waals surface area contributed by atoms with Crippen molar-refractivity contribution in [3.05, 3.63) is 36.2 Å². The van der Waals surface area contributed by atoms with Crippen molar-refractivity contribution in [3.63, 3.8) is 0 Å². The molecular weight excluding hydrogens is 288 g/mol. The van der Waals surface area contributed by atoms with Crippen LogP contribution in [0, 0.1) is 0 Å². The molecule has 0 aliphatic heterocycles. The van der Waals surface area contributed by atoms with Crippen LogP contribution in [0.15, 0.2) is 40.0 Å². The molecule has 0 fully saturated rings. The molecule has 0 aliphatic carbocycles. The second-order valence-corrected chi connectivity index (χ2v) is 6.95. The Morgan fingerprint density at radius 2 is 2.00 bits per heavy atom. The maximum absolute atomic E-state index is 5.97. The van der Waals surface area contributed by atoms with Gasteiger partial charge in [-0.2, -0.15) is 0 Å². The number of nitrogens with zero attached hydrogens (tertiary/aromatic N) is 3. The number of para-hydroxylation sites is 1. The first-order valence-electron chi connectivity index (χ1n) is 6.29. The Balaban J connectivity index is 2.00. The van der Waals surface area contributed by atoms with Gasteiger partial charge in [0.15, 0.2) is 4.34 Å². The number of benzene rings is 1. The van der Waals surface area contributed by atoms with Gasteiger partial charge in [-0.15, -0.1) is 11.3 Å². The number of thiazole rings is 1. The standard InChI is InChI=1S/C14H14N4S2/c1-8(2)11-12(15)16-7-17-13(11)20-14-18-9-5-3-4-6-10(9)19-14/h3-8H,1-2H3,(H2,15,16,17). The first kappa shape index (κ1) is 13.3. The van der Waals surface area contributed by atoms with E-state index in [1.165, 1.54) is 11.0 Å². The molecule has 0 aliphatic rings. The van der Waals surface area contributed by atoms with Crippen LogP contribution >= 0.6 is 23.1 Å². The molecule has 6 heteroatoms. The zero-order valence-corrected chi connectivity index (χ0v) is 12.8. The summed E-state index contributed by atoms with van der Waals surface area (Å²) < 4.78 is 2.16. The quantitative estimate of drug-likeness (QED) is 0.742. The molecule has 4 nitrogen and oxygen atoms in total. The Labute approximate surface area is 125 Å². The van der Waals surface area contributed by atoms with Crippen molar-refractivity contribution in [2.75, 3.05) is 5.73 Å². The number of hydrogen-bond donors (Lipinski definition) is 1. The Morgan fingerprint density at radius 1 is 1.20 bits per heavy atom. The molecule has 0 spiro atoms. The molecule has 0 saturated heterocycles. The van der Waals surface area contributed by atoms with Crippen molar-refractivity contribution >= 4 is 39.1 Å². The van der Waals surface area contributed by atoms with Gasteiger partial charge in [0.05, 0.1) is 10.2 Å². The fourth-order valence-electron chi connectivity index (χ4n) is 1.99. The molecule has 0 amide bonds. The van der Waals surface area contributed by atoms with Gasteiger partial charge in [0.1, 0.15) is 17.2 Å². The normalized spacial score (nSPS) is 11.3. The molecule has 2 heterocycles. The van der Waals surface area contributed by atoms with Gasteiger partial charge in [-0.05, 0) is 29.8 Å². The van der Waals surface area contributed by atoms with E-state index in [0.29, 0.717) is 5.82 Å². The van der Waals surface area contributed by atoms with Crippen LogP contribution in [-0.2, 0) is 0 Å². The van der Waals surface area contributed by atoms with Crippen molar-refractivity contribution in [1.82, 2.24) is 15.0 Å². The second-order valence-electron chi connectivity index (χ2n) is 4.68. The molecule has 2 aromatic heterocycles. The summed E-state index contributed by atoms with van der Waals surface area (Å²) in [7, 11) is 0. The Hall–Kier alpha value is -1.66. The third kappa shape index (κ3) is 2.48. The van der Waals surface area contributed by atoms with E-state index in [9.17, 15) is 0 Å². The van der Waals surface area contributed by atoms with Gasteiger partial charge in [0.25, 0.3) is 0 Å². The zero-order chi connectivity index (χ0) is 14.1. The third-order valence-electron chi connectivity index (χ3n) is 2.91. The number of nitrogen functional groups attached to an aromatic ring is 1. The predicted octanol–water partition coefficient (Wildman–Crippen LogP) is 3.94. The smallest absolute Gasteiger partial charge is 0.157 e. The van der Waals surface area contributed by atoms with Gasteiger partial charge in [-0.1, -0.05) is 26.0 Å². The van der Waals surface area contributed by atoms with E-state index in [-0.39, 0.29) is 5.92 Å². The summed E-state index contributed by atoms with van der Waals surface area (Å²) >= 11 is 3.23. The molecule has 0 saturated carbocycles. The molecule has 1 aromatic carbocycles. The maximum Gasteiger partial charge on any atom is 0.157 e. The highest BCUT2D eigenvalue weighted by atomic mass is 32.2. The van der Waals surface area contributed by atoms with Crippen molar-refractivity contribution in [2.45, 2.75) is 29.1 Å². The average Bonchev–Trinajstić information content (AvgIpc) is 2.80. The van der Waals surface area contributed by atoms with E-state index in [4.69, 9.17) is 5.73 Å². The maximum atomic E-state index is 5.97. The van der Waals surface area contributed by atoms with Gasteiger partial charge in [0, 0.05) is 5.56 Å². The van der Waals surface area contributed by atoms with Crippen LogP contribution in [-0.4, -0.2) is 15.0 Å². The number of hydrogen-bond acceptors (Lipinski definition) is 6. The van der Waals surface area contributed by atoms with Crippen LogP contribution in [0.5, 0.6) is 0 Å². The number of nitrogens with two attached hydrogens (primary N) is 1. The van der Waals surface area contributed by atoms with E-state index in [0.717, 1.165) is 20.4 Å². The lowest BCUT2D eigenvalue weighted by atomic mass is 10.1. The highest BCUT2D eigenvalue weighted by molar-refractivity contribution is 8.01. The average molecular weight is 302 g/mol. The van der Waals surface area contributed by atoms with E-state index < -0.39 is 0 Å². The lowest BCUT2D eigenvalue weighted by Gasteiger charge is -2.11. The summed E-state index contributed by atoms with van der Waals surface area (Å²) in [5, 5.41) is 0.895. The molecule has 0 atom stereocenters. The summed E-state index contributed by atoms with van der Waals surface area (Å²) in [5.74, 6) is 0.840. The lowest BCUT2D eigenvalue weighted by Crippen LogP contribution is -2.03. The van der Waals surface area contributed by atoms with Crippen LogP contribution in [0.1, 0.15) is 25.3 Å². The van der Waals surface area contributed by atoms with Crippen LogP contribution in [0.4, 0.5) is 5.82 Å². The van der Waals surface area contributed by atoms with E-state index in [1.807, 2.05) is 18.2 Å². The zero-order valence-electron chi connectivity index (χ0n) is 11.2. The van der Waals surface area contributed by atoms with Gasteiger partial charge < -0.3 is 5.73 Å². The van der Waals surface area contributed by atoms with E-state index >= 15 is 0 Å². The first-order valence-corrected chi connectivity index (χ1v) is 7.92. The first-order chi connectivity index (χ1) is 9.65. The van der Waals surface area contributed by atoms with Gasteiger partial charge in [-0.3, -0.25) is 0 Å².